The molecule has 0 saturated carbocycles. The zero-order valence-corrected chi connectivity index (χ0v) is 16.3. The molecule has 0 spiro atoms. The summed E-state index contributed by atoms with van der Waals surface area (Å²) in [5.74, 6) is -1.53. The topological polar surface area (TPSA) is 109 Å². The largest absolute Gasteiger partial charge is 0.481 e. The molecule has 0 aliphatic carbocycles. The normalized spacial score (nSPS) is 24.3. The van der Waals surface area contributed by atoms with Crippen LogP contribution in [0.1, 0.15) is 43.7 Å². The van der Waals surface area contributed by atoms with E-state index in [1.807, 2.05) is 13.8 Å². The average molecular weight is 392 g/mol. The molecule has 1 aromatic heterocycles. The maximum Gasteiger partial charge on any atom is 0.309 e. The molecule has 28 heavy (non-hydrogen) atoms. The van der Waals surface area contributed by atoms with Crippen molar-refractivity contribution in [3.05, 3.63) is 24.2 Å². The van der Waals surface area contributed by atoms with Gasteiger partial charge in [-0.3, -0.25) is 14.4 Å². The monoisotopic (exact) mass is 392 g/mol. The number of furan rings is 1. The molecule has 3 rings (SSSR count). The van der Waals surface area contributed by atoms with Crippen molar-refractivity contribution in [3.8, 4) is 0 Å². The van der Waals surface area contributed by atoms with Gasteiger partial charge in [0.25, 0.3) is 5.91 Å². The Hall–Kier alpha value is -2.35. The molecule has 2 amide bonds. The number of ether oxygens (including phenoxy) is 1. The summed E-state index contributed by atoms with van der Waals surface area (Å²) >= 11 is 0. The van der Waals surface area contributed by atoms with Crippen molar-refractivity contribution in [1.29, 1.82) is 0 Å². The number of carboxylic acids is 1. The number of hydrogen-bond donors (Lipinski definition) is 2. The second kappa shape index (κ2) is 8.77. The predicted molar refractivity (Wildman–Crippen MR) is 99.6 cm³/mol. The molecule has 3 heterocycles. The number of hydrogen-bond acceptors (Lipinski definition) is 5. The van der Waals surface area contributed by atoms with Gasteiger partial charge < -0.3 is 24.5 Å². The number of nitrogens with zero attached hydrogens (tertiary/aromatic N) is 1. The Balaban J connectivity index is 1.58. The molecular formula is C20H28N2O6. The third kappa shape index (κ3) is 4.38. The number of rotatable bonds is 6. The molecule has 3 atom stereocenters. The third-order valence-corrected chi connectivity index (χ3v) is 5.73. The number of amides is 2. The van der Waals surface area contributed by atoms with Gasteiger partial charge in [-0.05, 0) is 43.2 Å². The molecule has 2 aliphatic rings. The van der Waals surface area contributed by atoms with E-state index in [-0.39, 0.29) is 29.6 Å². The Morgan fingerprint density at radius 2 is 1.93 bits per heavy atom. The third-order valence-electron chi connectivity index (χ3n) is 5.73. The maximum atomic E-state index is 13.0. The standard InChI is InChI=1S/C20H28N2O6/c1-12(2)16(21-18(23)15-4-3-10-27-15)19(24)22-8-5-13(6-9-22)17-14(20(25)26)7-11-28-17/h3-4,10,12-14,16-17H,5-9,11H2,1-2H3,(H,21,23)(H,25,26)/t14?,16?,17-/m0/s1. The Morgan fingerprint density at radius 3 is 2.50 bits per heavy atom. The van der Waals surface area contributed by atoms with Crippen LogP contribution < -0.4 is 5.32 Å². The number of aliphatic carboxylic acids is 1. The number of carbonyl (C=O) groups is 3. The molecular weight excluding hydrogens is 364 g/mol. The van der Waals surface area contributed by atoms with Crippen molar-refractivity contribution in [3.63, 3.8) is 0 Å². The highest BCUT2D eigenvalue weighted by Crippen LogP contribution is 2.33. The SMILES string of the molecule is CC(C)C(NC(=O)c1ccco1)C(=O)N1CCC([C@@H]2OCCC2C(=O)O)CC1. The first-order valence-corrected chi connectivity index (χ1v) is 9.86. The first-order chi connectivity index (χ1) is 13.4. The van der Waals surface area contributed by atoms with Crippen LogP contribution in [0.4, 0.5) is 0 Å². The van der Waals surface area contributed by atoms with E-state index in [1.54, 1.807) is 17.0 Å². The highest BCUT2D eigenvalue weighted by Gasteiger charge is 2.41. The van der Waals surface area contributed by atoms with E-state index in [4.69, 9.17) is 9.15 Å². The molecule has 2 saturated heterocycles. The van der Waals surface area contributed by atoms with Crippen LogP contribution in [0, 0.1) is 17.8 Å². The van der Waals surface area contributed by atoms with E-state index in [2.05, 4.69) is 5.32 Å². The second-order valence-electron chi connectivity index (χ2n) is 7.90. The van der Waals surface area contributed by atoms with Crippen molar-refractivity contribution in [2.24, 2.45) is 17.8 Å². The molecule has 0 radical (unpaired) electrons. The van der Waals surface area contributed by atoms with Crippen molar-refractivity contribution >= 4 is 17.8 Å². The van der Waals surface area contributed by atoms with Gasteiger partial charge in [-0.1, -0.05) is 13.8 Å². The van der Waals surface area contributed by atoms with Crippen LogP contribution in [0.3, 0.4) is 0 Å². The van der Waals surface area contributed by atoms with E-state index < -0.39 is 23.8 Å². The first-order valence-electron chi connectivity index (χ1n) is 9.86. The van der Waals surface area contributed by atoms with Gasteiger partial charge in [-0.25, -0.2) is 0 Å². The fourth-order valence-corrected chi connectivity index (χ4v) is 4.12. The van der Waals surface area contributed by atoms with Gasteiger partial charge >= 0.3 is 5.97 Å². The van der Waals surface area contributed by atoms with Gasteiger partial charge in [0.05, 0.1) is 18.3 Å². The van der Waals surface area contributed by atoms with E-state index in [0.717, 1.165) is 0 Å². The van der Waals surface area contributed by atoms with E-state index in [1.165, 1.54) is 6.26 Å². The Morgan fingerprint density at radius 1 is 1.21 bits per heavy atom. The van der Waals surface area contributed by atoms with Gasteiger partial charge in [-0.15, -0.1) is 0 Å². The van der Waals surface area contributed by atoms with Crippen LogP contribution in [0.15, 0.2) is 22.8 Å². The van der Waals surface area contributed by atoms with Crippen LogP contribution >= 0.6 is 0 Å². The lowest BCUT2D eigenvalue weighted by molar-refractivity contribution is -0.146. The van der Waals surface area contributed by atoms with Gasteiger partial charge in [0.15, 0.2) is 5.76 Å². The van der Waals surface area contributed by atoms with E-state index >= 15 is 0 Å². The summed E-state index contributed by atoms with van der Waals surface area (Å²) in [7, 11) is 0. The second-order valence-corrected chi connectivity index (χ2v) is 7.90. The van der Waals surface area contributed by atoms with Crippen LogP contribution in [-0.4, -0.2) is 59.6 Å². The molecule has 0 bridgehead atoms. The Labute approximate surface area is 164 Å². The molecule has 1 aromatic rings. The van der Waals surface area contributed by atoms with Gasteiger partial charge in [0.1, 0.15) is 6.04 Å². The zero-order valence-electron chi connectivity index (χ0n) is 16.3. The summed E-state index contributed by atoms with van der Waals surface area (Å²) in [5.41, 5.74) is 0. The zero-order chi connectivity index (χ0) is 20.3. The smallest absolute Gasteiger partial charge is 0.309 e. The molecule has 2 aliphatic heterocycles. The quantitative estimate of drug-likeness (QED) is 0.764. The number of nitrogens with one attached hydrogen (secondary N) is 1. The lowest BCUT2D eigenvalue weighted by Gasteiger charge is -2.37. The predicted octanol–water partition coefficient (Wildman–Crippen LogP) is 1.76. The summed E-state index contributed by atoms with van der Waals surface area (Å²) < 4.78 is 10.8. The van der Waals surface area contributed by atoms with Gasteiger partial charge in [0.2, 0.25) is 5.91 Å². The Kier molecular flexibility index (Phi) is 6.39. The number of carbonyl (C=O) groups excluding carboxylic acids is 2. The van der Waals surface area contributed by atoms with Crippen LogP contribution in [0.25, 0.3) is 0 Å². The van der Waals surface area contributed by atoms with Gasteiger partial charge in [-0.2, -0.15) is 0 Å². The summed E-state index contributed by atoms with van der Waals surface area (Å²) in [6.07, 6.45) is 3.11. The minimum Gasteiger partial charge on any atom is -0.481 e. The molecule has 2 fully saturated rings. The van der Waals surface area contributed by atoms with Gasteiger partial charge in [0, 0.05) is 19.7 Å². The van der Waals surface area contributed by atoms with Crippen LogP contribution in [0.5, 0.6) is 0 Å². The summed E-state index contributed by atoms with van der Waals surface area (Å²) in [6.45, 7) is 5.34. The van der Waals surface area contributed by atoms with Crippen molar-refractivity contribution in [2.75, 3.05) is 19.7 Å². The van der Waals surface area contributed by atoms with Crippen molar-refractivity contribution in [1.82, 2.24) is 10.2 Å². The molecule has 2 unspecified atom stereocenters. The summed E-state index contributed by atoms with van der Waals surface area (Å²) in [5, 5.41) is 12.1. The highest BCUT2D eigenvalue weighted by atomic mass is 16.5. The van der Waals surface area contributed by atoms with E-state index in [9.17, 15) is 19.5 Å². The molecule has 8 nitrogen and oxygen atoms in total. The molecule has 0 aromatic carbocycles. The first kappa shape index (κ1) is 20.4. The summed E-state index contributed by atoms with van der Waals surface area (Å²) in [6, 6.07) is 2.55. The highest BCUT2D eigenvalue weighted by molar-refractivity contribution is 5.95. The van der Waals surface area contributed by atoms with Crippen molar-refractivity contribution < 1.29 is 28.6 Å². The number of likely N-dealkylation sites (tertiary alicyclic amines) is 1. The molecule has 154 valence electrons. The fraction of sp³-hybridized carbons (Fsp3) is 0.650. The Bertz CT molecular complexity index is 694. The molecule has 8 heteroatoms. The molecule has 2 N–H and O–H groups in total. The summed E-state index contributed by atoms with van der Waals surface area (Å²) in [4.78, 5) is 38.4. The average Bonchev–Trinajstić information content (AvgIpc) is 3.37. The maximum absolute atomic E-state index is 13.0. The van der Waals surface area contributed by atoms with Crippen LogP contribution in [0.2, 0.25) is 0 Å². The van der Waals surface area contributed by atoms with E-state index in [0.29, 0.717) is 39.0 Å². The minimum atomic E-state index is -0.804. The lowest BCUT2D eigenvalue weighted by Crippen LogP contribution is -2.53. The van der Waals surface area contributed by atoms with Crippen LogP contribution in [-0.2, 0) is 14.3 Å². The fourth-order valence-electron chi connectivity index (χ4n) is 4.12. The minimum absolute atomic E-state index is 0.0707. The number of piperidine rings is 1. The lowest BCUT2D eigenvalue weighted by atomic mass is 9.84. The van der Waals surface area contributed by atoms with Crippen molar-refractivity contribution in [2.45, 2.75) is 45.3 Å². The number of carboxylic acid groups (broad SMARTS) is 1.